The maximum Gasteiger partial charge on any atom is 0.326 e. The first-order valence-electron chi connectivity index (χ1n) is 45.2. The predicted molar refractivity (Wildman–Crippen MR) is 518 cm³/mol. The molecule has 14 atom stereocenters. The summed E-state index contributed by atoms with van der Waals surface area (Å²) in [6.07, 6.45) is -0.609. The number of carbonyl (C=O) groups is 15. The second kappa shape index (κ2) is 59.2. The number of urea groups is 1. The molecule has 0 spiro atoms. The number of carbonyl (C=O) groups excluding carboxylic acids is 14. The number of primary amides is 1. The van der Waals surface area contributed by atoms with E-state index >= 15 is 47.9 Å². The van der Waals surface area contributed by atoms with Crippen molar-refractivity contribution < 1.29 is 87.2 Å². The number of carboxylic acids is 1. The third-order valence-electron chi connectivity index (χ3n) is 22.1. The molecule has 2 aliphatic heterocycles. The first kappa shape index (κ1) is 112. The van der Waals surface area contributed by atoms with E-state index in [9.17, 15) is 39.3 Å². The number of aliphatic imine (C=N–C) groups is 4. The minimum Gasteiger partial charge on any atom is -0.508 e. The summed E-state index contributed by atoms with van der Waals surface area (Å²) in [5, 5.41) is 67.4. The Kier molecular flexibility index (Phi) is 48.4. The summed E-state index contributed by atoms with van der Waals surface area (Å²) in [5.74, 6) is -16.9. The lowest BCUT2D eigenvalue weighted by atomic mass is 10.00. The molecule has 2 aliphatic rings. The van der Waals surface area contributed by atoms with Gasteiger partial charge in [-0.25, -0.2) is 9.59 Å². The summed E-state index contributed by atoms with van der Waals surface area (Å²) in [5.41, 5.74) is 69.7. The highest BCUT2D eigenvalue weighted by Crippen LogP contribution is 2.27. The summed E-state index contributed by atoms with van der Waals surface area (Å²) in [4.78, 5) is 239. The van der Waals surface area contributed by atoms with E-state index in [2.05, 4.69) is 89.1 Å². The molecule has 2 fully saturated rings. The van der Waals surface area contributed by atoms with Crippen LogP contribution in [0.15, 0.2) is 111 Å². The van der Waals surface area contributed by atoms with E-state index in [4.69, 9.17) is 68.8 Å². The molecule has 0 saturated carbocycles. The van der Waals surface area contributed by atoms with Crippen molar-refractivity contribution in [2.24, 2.45) is 88.8 Å². The third kappa shape index (κ3) is 40.8. The Bertz CT molecular complexity index is 4830. The lowest BCUT2D eigenvalue weighted by molar-refractivity contribution is -0.142. The number of nitrogens with one attached hydrogen (secondary N) is 13. The van der Waals surface area contributed by atoms with Gasteiger partial charge in [-0.1, -0.05) is 88.3 Å². The molecule has 2 saturated heterocycles. The second-order valence-corrected chi connectivity index (χ2v) is 35.6. The predicted octanol–water partition coefficient (Wildman–Crippen LogP) is -6.16. The first-order chi connectivity index (χ1) is 65.3. The molecule has 4 aromatic carbocycles. The summed E-state index contributed by atoms with van der Waals surface area (Å²) in [7, 11) is 1.51. The van der Waals surface area contributed by atoms with E-state index in [0.29, 0.717) is 34.9 Å². The summed E-state index contributed by atoms with van der Waals surface area (Å²) >= 11 is 0. The molecule has 15 amide bonds. The van der Waals surface area contributed by atoms with Crippen molar-refractivity contribution in [2.75, 3.05) is 63.9 Å². The summed E-state index contributed by atoms with van der Waals surface area (Å²) in [6, 6.07) is 0.281. The van der Waals surface area contributed by atoms with Gasteiger partial charge in [0, 0.05) is 70.0 Å². The first-order valence-corrected chi connectivity index (χ1v) is 47.7. The standard InChI is InChI=1S/C87H134N30O18S2/c1-48-69(120)106-57(17-4-6-34-88)72(123)110-61(18-5-7-35-89)81(132)117-41-13-23-68(117)80(131)114-64(44-50-27-32-55(119)33-28-50)76(127)109-59(20-10-38-102-85(95)96)71(122)108-60(21-11-40-104-87(99)135)74(125)115-66(78(129)111-62(82(133)134)22-12-39-103-86(97)98)46-136-137-47-67(79(130)113-63(75(126)105-48)43-49-25-30-54(118)31-26-49)116-77(128)65(45-51-24-29-52-14-2-3-15-53(52)42-51)112-73(124)58(19-9-37-101-84(93)94)107-70(121)56(90)16-8-36-100-83(91)92/h2-3,14-15,24-33,42,48,56-68,118-119H,4-13,16-23,34-41,43-47,88-90H2,1H3,(H,105,126)(H,106,120)(H,107,121)(H,108,122)(H,109,127)(H,110,123)(H,111,129)(H,112,124)(H,113,130)(H,114,131)(H,115,125)(H,116,128)(H,133,134)(H4,91,92,100)(H4,93,94,101)(H4,95,96,102)(H4,97,98,103)(H3,99,104,135)/t48-,56-,57-,58-,59-,60-,61+,62-,63-,64-,65-,66-,67-,68-/m0/s1. The van der Waals surface area contributed by atoms with Crippen molar-refractivity contribution in [3.8, 4) is 11.5 Å². The Labute approximate surface area is 800 Å². The molecule has 4 aromatic rings. The molecule has 0 bridgehead atoms. The lowest BCUT2D eigenvalue weighted by Gasteiger charge is -2.31. The third-order valence-corrected chi connectivity index (χ3v) is 24.5. The number of aromatic hydroxyl groups is 2. The molecule has 6 rings (SSSR count). The molecule has 40 N–H and O–H groups in total. The van der Waals surface area contributed by atoms with E-state index < -0.39 is 191 Å². The highest BCUT2D eigenvalue weighted by Gasteiger charge is 2.42. The van der Waals surface area contributed by atoms with Crippen molar-refractivity contribution in [3.05, 3.63) is 108 Å². The van der Waals surface area contributed by atoms with Crippen LogP contribution in [-0.4, -0.2) is 281 Å². The van der Waals surface area contributed by atoms with E-state index in [1.165, 1.54) is 60.4 Å². The summed E-state index contributed by atoms with van der Waals surface area (Å²) in [6.45, 7) is 1.21. The van der Waals surface area contributed by atoms with Crippen LogP contribution in [0.5, 0.6) is 11.5 Å². The van der Waals surface area contributed by atoms with Gasteiger partial charge in [-0.05, 0) is 187 Å². The number of hydrogen-bond donors (Lipinski definition) is 28. The zero-order chi connectivity index (χ0) is 101. The number of nitrogens with two attached hydrogens (primary N) is 12. The van der Waals surface area contributed by atoms with Crippen LogP contribution in [0.1, 0.15) is 139 Å². The van der Waals surface area contributed by atoms with Crippen LogP contribution in [0, 0.1) is 0 Å². The van der Waals surface area contributed by atoms with Crippen LogP contribution in [0.4, 0.5) is 4.79 Å². The Hall–Kier alpha value is -13.7. The Balaban J connectivity index is 1.57. The lowest BCUT2D eigenvalue weighted by Crippen LogP contribution is -2.61. The maximum absolute atomic E-state index is 15.8. The highest BCUT2D eigenvalue weighted by atomic mass is 33.1. The Morgan fingerprint density at radius 2 is 0.912 bits per heavy atom. The average Bonchev–Trinajstić information content (AvgIpc) is 1.77. The fraction of sp³-hybridized carbons (Fsp3) is 0.529. The number of hydrogen-bond acceptors (Lipinski definition) is 26. The van der Waals surface area contributed by atoms with Crippen LogP contribution in [-0.2, 0) is 86.4 Å². The smallest absolute Gasteiger partial charge is 0.326 e. The van der Waals surface area contributed by atoms with Gasteiger partial charge in [0.25, 0.3) is 0 Å². The molecule has 0 aromatic heterocycles. The number of phenols is 2. The Morgan fingerprint density at radius 1 is 0.460 bits per heavy atom. The van der Waals surface area contributed by atoms with Crippen LogP contribution >= 0.6 is 21.6 Å². The number of aliphatic carboxylic acids is 1. The molecule has 0 aliphatic carbocycles. The molecule has 752 valence electrons. The number of nitrogens with zero attached hydrogens (tertiary/aromatic N) is 5. The topological polar surface area (TPSA) is 838 Å². The number of benzene rings is 4. The van der Waals surface area contributed by atoms with Crippen molar-refractivity contribution in [2.45, 2.75) is 226 Å². The zero-order valence-corrected chi connectivity index (χ0v) is 78.2. The number of fused-ring (bicyclic) bond motifs is 2. The minimum absolute atomic E-state index is 0.0188. The molecule has 0 unspecified atom stereocenters. The number of amides is 15. The van der Waals surface area contributed by atoms with Gasteiger partial charge in [-0.15, -0.1) is 0 Å². The van der Waals surface area contributed by atoms with Crippen molar-refractivity contribution in [3.63, 3.8) is 0 Å². The second-order valence-electron chi connectivity index (χ2n) is 33.0. The van der Waals surface area contributed by atoms with Crippen LogP contribution in [0.25, 0.3) is 10.8 Å². The van der Waals surface area contributed by atoms with E-state index in [0.717, 1.165) is 27.0 Å². The van der Waals surface area contributed by atoms with Crippen molar-refractivity contribution >= 4 is 145 Å². The molecular weight excluding hydrogens is 1820 g/mol. The van der Waals surface area contributed by atoms with Gasteiger partial charge in [0.05, 0.1) is 6.04 Å². The van der Waals surface area contributed by atoms with Crippen molar-refractivity contribution in [1.82, 2.24) is 74.0 Å². The van der Waals surface area contributed by atoms with Gasteiger partial charge in [-0.2, -0.15) is 0 Å². The van der Waals surface area contributed by atoms with Crippen LogP contribution < -0.4 is 138 Å². The van der Waals surface area contributed by atoms with E-state index in [1.54, 1.807) is 36.4 Å². The zero-order valence-electron chi connectivity index (χ0n) is 76.6. The molecule has 0 radical (unpaired) electrons. The quantitative estimate of drug-likeness (QED) is 0.00849. The van der Waals surface area contributed by atoms with Gasteiger partial charge < -0.3 is 158 Å². The number of guanidine groups is 4. The fourth-order valence-electron chi connectivity index (χ4n) is 14.7. The van der Waals surface area contributed by atoms with E-state index in [-0.39, 0.29) is 203 Å². The Morgan fingerprint density at radius 3 is 1.46 bits per heavy atom. The summed E-state index contributed by atoms with van der Waals surface area (Å²) < 4.78 is 0. The van der Waals surface area contributed by atoms with Gasteiger partial charge in [0.15, 0.2) is 23.8 Å². The van der Waals surface area contributed by atoms with Gasteiger partial charge >= 0.3 is 12.0 Å². The van der Waals surface area contributed by atoms with Crippen LogP contribution in [0.2, 0.25) is 0 Å². The number of carboxylic acid groups (broad SMARTS) is 1. The molecule has 50 heteroatoms. The average molecular weight is 1950 g/mol. The largest absolute Gasteiger partial charge is 0.508 e. The number of rotatable bonds is 43. The monoisotopic (exact) mass is 1950 g/mol. The van der Waals surface area contributed by atoms with Crippen LogP contribution in [0.3, 0.4) is 0 Å². The maximum atomic E-state index is 15.8. The van der Waals surface area contributed by atoms with Crippen molar-refractivity contribution in [1.29, 1.82) is 0 Å². The van der Waals surface area contributed by atoms with E-state index in [1.807, 2.05) is 6.07 Å². The molecule has 2 heterocycles. The molecule has 48 nitrogen and oxygen atoms in total. The minimum atomic E-state index is -1.85. The van der Waals surface area contributed by atoms with Gasteiger partial charge in [0.1, 0.15) is 90.0 Å². The highest BCUT2D eigenvalue weighted by molar-refractivity contribution is 8.76. The number of unbranched alkanes of at least 4 members (excludes halogenated alkanes) is 2. The number of phenolic OH excluding ortho intramolecular Hbond substituents is 2. The normalized spacial score (nSPS) is 20.6. The van der Waals surface area contributed by atoms with Gasteiger partial charge in [-0.3, -0.25) is 82.3 Å². The van der Waals surface area contributed by atoms with Gasteiger partial charge in [0.2, 0.25) is 76.8 Å². The molecular formula is C87H134N30O18S2. The fourth-order valence-corrected chi connectivity index (χ4v) is 17.0. The SMILES string of the molecule is C[C@@H]1NC(=O)[C@H](Cc2ccc(O)cc2)NC(=O)[C@@H](NC(=O)[C@H](Cc2ccc3ccccc3c2)NC(=O)[C@H](CCCN=C(N)N)NC(=O)[C@@H](N)CCCN=C(N)N)CSSC[C@@H](C(=O)N[C@@H](CCCN=C(N)N)C(=O)O)NC(=O)[C@H](CCCNC(N)=O)NC(=O)[C@H](CCCN=C(N)N)NC(=O)[C@H](Cc2ccc(O)cc2)NC(=O)[C@@H]2CCCN2C(=O)[C@@H](CCCCN)NC(=O)[C@H](CCCCN)NC1=O. The molecule has 137 heavy (non-hydrogen) atoms.